The molecule has 6 heteroatoms. The molecule has 1 aliphatic heterocycles. The van der Waals surface area contributed by atoms with E-state index in [0.717, 1.165) is 6.42 Å². The molecule has 1 saturated heterocycles. The van der Waals surface area contributed by atoms with Crippen LogP contribution in [0.5, 0.6) is 0 Å². The first-order valence-corrected chi connectivity index (χ1v) is 6.36. The molecule has 2 atom stereocenters. The number of amides is 1. The Morgan fingerprint density at radius 2 is 2.11 bits per heavy atom. The van der Waals surface area contributed by atoms with Crippen molar-refractivity contribution in [1.29, 1.82) is 0 Å². The fourth-order valence-corrected chi connectivity index (χ4v) is 2.19. The lowest BCUT2D eigenvalue weighted by Crippen LogP contribution is -2.50. The normalized spacial score (nSPS) is 24.8. The third kappa shape index (κ3) is 3.85. The number of piperidine rings is 1. The van der Waals surface area contributed by atoms with Crippen LogP contribution >= 0.6 is 0 Å². The summed E-state index contributed by atoms with van der Waals surface area (Å²) < 4.78 is 5.24. The van der Waals surface area contributed by atoms with Crippen LogP contribution in [0, 0.1) is 16.0 Å². The van der Waals surface area contributed by atoms with Crippen molar-refractivity contribution in [2.24, 2.45) is 5.92 Å². The molecular formula is C12H22N2O4. The average molecular weight is 258 g/mol. The molecule has 0 bridgehead atoms. The van der Waals surface area contributed by atoms with E-state index in [2.05, 4.69) is 0 Å². The Morgan fingerprint density at radius 1 is 1.50 bits per heavy atom. The number of ether oxygens (including phenoxy) is 1. The molecule has 6 nitrogen and oxygen atoms in total. The van der Waals surface area contributed by atoms with E-state index < -0.39 is 17.7 Å². The van der Waals surface area contributed by atoms with Crippen molar-refractivity contribution in [1.82, 2.24) is 4.90 Å². The molecule has 0 aromatic heterocycles. The van der Waals surface area contributed by atoms with Gasteiger partial charge in [-0.15, -0.1) is 0 Å². The number of rotatable bonds is 2. The number of carbonyl (C=O) groups is 1. The highest BCUT2D eigenvalue weighted by Crippen LogP contribution is 2.24. The first kappa shape index (κ1) is 14.7. The number of nitro groups is 1. The topological polar surface area (TPSA) is 72.7 Å². The predicted molar refractivity (Wildman–Crippen MR) is 67.0 cm³/mol. The molecule has 0 spiro atoms. The maximum atomic E-state index is 11.9. The van der Waals surface area contributed by atoms with Gasteiger partial charge in [0.15, 0.2) is 0 Å². The van der Waals surface area contributed by atoms with Crippen molar-refractivity contribution in [3.8, 4) is 0 Å². The monoisotopic (exact) mass is 258 g/mol. The maximum absolute atomic E-state index is 11.9. The Labute approximate surface area is 107 Å². The van der Waals surface area contributed by atoms with Gasteiger partial charge in [-0.05, 0) is 33.6 Å². The van der Waals surface area contributed by atoms with Crippen LogP contribution < -0.4 is 0 Å². The number of nitrogens with zero attached hydrogens (tertiary/aromatic N) is 2. The van der Waals surface area contributed by atoms with Crippen molar-refractivity contribution in [3.05, 3.63) is 10.1 Å². The van der Waals surface area contributed by atoms with Crippen LogP contribution in [0.1, 0.15) is 40.5 Å². The summed E-state index contributed by atoms with van der Waals surface area (Å²) in [5.41, 5.74) is -0.567. The molecule has 0 aromatic rings. The Balaban J connectivity index is 2.65. The molecule has 1 heterocycles. The van der Waals surface area contributed by atoms with Gasteiger partial charge < -0.3 is 9.64 Å². The summed E-state index contributed by atoms with van der Waals surface area (Å²) in [5.74, 6) is 0.0543. The first-order valence-electron chi connectivity index (χ1n) is 6.36. The zero-order chi connectivity index (χ0) is 13.9. The second-order valence-electron chi connectivity index (χ2n) is 5.74. The van der Waals surface area contributed by atoms with Gasteiger partial charge in [0.05, 0.1) is 6.54 Å². The molecule has 1 rings (SSSR count). The molecule has 0 aliphatic carbocycles. The number of carbonyl (C=O) groups excluding carboxylic acids is 1. The van der Waals surface area contributed by atoms with E-state index >= 15 is 0 Å². The molecule has 1 amide bonds. The minimum absolute atomic E-state index is 0.0543. The van der Waals surface area contributed by atoms with Crippen molar-refractivity contribution >= 4 is 6.09 Å². The van der Waals surface area contributed by atoms with Crippen LogP contribution in [-0.4, -0.2) is 40.6 Å². The second kappa shape index (κ2) is 5.54. The van der Waals surface area contributed by atoms with Gasteiger partial charge in [-0.3, -0.25) is 10.1 Å². The van der Waals surface area contributed by atoms with Crippen molar-refractivity contribution in [2.75, 3.05) is 13.1 Å². The molecule has 0 aromatic carbocycles. The zero-order valence-electron chi connectivity index (χ0n) is 11.5. The summed E-state index contributed by atoms with van der Waals surface area (Å²) in [5, 5.41) is 11.0. The van der Waals surface area contributed by atoms with Gasteiger partial charge in [-0.2, -0.15) is 0 Å². The van der Waals surface area contributed by atoms with Gasteiger partial charge in [0, 0.05) is 17.4 Å². The lowest BCUT2D eigenvalue weighted by atomic mass is 9.90. The standard InChI is InChI=1S/C12H22N2O4/c1-5-9-6-7-13(8-10(9)14(16)17)11(15)18-12(2,3)4/h9-10H,5-8H2,1-4H3/t9-,10+/m0/s1. The smallest absolute Gasteiger partial charge is 0.410 e. The second-order valence-corrected chi connectivity index (χ2v) is 5.74. The van der Waals surface area contributed by atoms with E-state index in [1.165, 1.54) is 4.90 Å². The first-order chi connectivity index (χ1) is 8.24. The Morgan fingerprint density at radius 3 is 2.56 bits per heavy atom. The molecule has 0 saturated carbocycles. The van der Waals surface area contributed by atoms with Gasteiger partial charge >= 0.3 is 6.09 Å². The number of hydrogen-bond acceptors (Lipinski definition) is 4. The summed E-state index contributed by atoms with van der Waals surface area (Å²) in [6.45, 7) is 8.00. The van der Waals surface area contributed by atoms with E-state index in [-0.39, 0.29) is 17.4 Å². The van der Waals surface area contributed by atoms with Crippen molar-refractivity contribution in [2.45, 2.75) is 52.2 Å². The van der Waals surface area contributed by atoms with Crippen LogP contribution in [0.4, 0.5) is 4.79 Å². The minimum Gasteiger partial charge on any atom is -0.444 e. The quantitative estimate of drug-likeness (QED) is 0.562. The molecule has 1 fully saturated rings. The lowest BCUT2D eigenvalue weighted by Gasteiger charge is -2.34. The Kier molecular flexibility index (Phi) is 4.53. The minimum atomic E-state index is -0.670. The van der Waals surface area contributed by atoms with Gasteiger partial charge in [-0.25, -0.2) is 4.79 Å². The van der Waals surface area contributed by atoms with Crippen LogP contribution in [0.25, 0.3) is 0 Å². The van der Waals surface area contributed by atoms with Crippen LogP contribution in [0.2, 0.25) is 0 Å². The summed E-state index contributed by atoms with van der Waals surface area (Å²) in [7, 11) is 0. The number of hydrogen-bond donors (Lipinski definition) is 0. The Hall–Kier alpha value is -1.33. The highest BCUT2D eigenvalue weighted by Gasteiger charge is 2.39. The average Bonchev–Trinajstić information content (AvgIpc) is 2.25. The molecule has 1 aliphatic rings. The molecular weight excluding hydrogens is 236 g/mol. The van der Waals surface area contributed by atoms with E-state index in [1.54, 1.807) is 20.8 Å². The number of likely N-dealkylation sites (tertiary alicyclic amines) is 1. The largest absolute Gasteiger partial charge is 0.444 e. The summed E-state index contributed by atoms with van der Waals surface area (Å²) >= 11 is 0. The molecule has 104 valence electrons. The lowest BCUT2D eigenvalue weighted by molar-refractivity contribution is -0.535. The fraction of sp³-hybridized carbons (Fsp3) is 0.917. The van der Waals surface area contributed by atoms with Crippen molar-refractivity contribution < 1.29 is 14.5 Å². The maximum Gasteiger partial charge on any atom is 0.410 e. The summed E-state index contributed by atoms with van der Waals surface area (Å²) in [6.07, 6.45) is 0.985. The zero-order valence-corrected chi connectivity index (χ0v) is 11.5. The Bertz CT molecular complexity index is 325. The van der Waals surface area contributed by atoms with E-state index in [0.29, 0.717) is 13.0 Å². The molecule has 0 N–H and O–H groups in total. The van der Waals surface area contributed by atoms with Gasteiger partial charge in [0.2, 0.25) is 6.04 Å². The third-order valence-corrected chi connectivity index (χ3v) is 3.17. The third-order valence-electron chi connectivity index (χ3n) is 3.17. The van der Waals surface area contributed by atoms with Crippen LogP contribution in [0.3, 0.4) is 0 Å². The van der Waals surface area contributed by atoms with Crippen LogP contribution in [-0.2, 0) is 4.74 Å². The highest BCUT2D eigenvalue weighted by molar-refractivity contribution is 5.68. The summed E-state index contributed by atoms with van der Waals surface area (Å²) in [6, 6.07) is -0.670. The van der Waals surface area contributed by atoms with E-state index in [4.69, 9.17) is 4.74 Å². The van der Waals surface area contributed by atoms with Crippen molar-refractivity contribution in [3.63, 3.8) is 0 Å². The van der Waals surface area contributed by atoms with Gasteiger partial charge in [0.25, 0.3) is 0 Å². The molecule has 18 heavy (non-hydrogen) atoms. The fourth-order valence-electron chi connectivity index (χ4n) is 2.19. The highest BCUT2D eigenvalue weighted by atomic mass is 16.6. The molecule has 0 unspecified atom stereocenters. The summed E-state index contributed by atoms with van der Waals surface area (Å²) in [4.78, 5) is 24.0. The van der Waals surface area contributed by atoms with Crippen LogP contribution in [0.15, 0.2) is 0 Å². The van der Waals surface area contributed by atoms with E-state index in [1.807, 2.05) is 6.92 Å². The SMILES string of the molecule is CC[C@H]1CCN(C(=O)OC(C)(C)C)C[C@H]1[N+](=O)[O-]. The van der Waals surface area contributed by atoms with E-state index in [9.17, 15) is 14.9 Å². The van der Waals surface area contributed by atoms with Gasteiger partial charge in [0.1, 0.15) is 5.60 Å². The predicted octanol–water partition coefficient (Wildman–Crippen LogP) is 2.30. The van der Waals surface area contributed by atoms with Gasteiger partial charge in [-0.1, -0.05) is 6.92 Å². The molecule has 0 radical (unpaired) electrons.